The first-order valence-corrected chi connectivity index (χ1v) is 14.0. The van der Waals surface area contributed by atoms with Gasteiger partial charge in [-0.25, -0.2) is 18.4 Å². The molecule has 0 aromatic heterocycles. The van der Waals surface area contributed by atoms with Crippen molar-refractivity contribution in [3.63, 3.8) is 0 Å². The number of nitrogens with zero attached hydrogens (tertiary/aromatic N) is 1. The second-order valence-corrected chi connectivity index (χ2v) is 10.5. The minimum Gasteiger partial charge on any atom is -0.493 e. The predicted molar refractivity (Wildman–Crippen MR) is 150 cm³/mol. The van der Waals surface area contributed by atoms with Gasteiger partial charge in [0.25, 0.3) is 5.92 Å². The fraction of sp³-hybridized carbons (Fsp3) is 0.548. The molecule has 0 saturated heterocycles. The van der Waals surface area contributed by atoms with E-state index in [1.807, 2.05) is 58.0 Å². The fourth-order valence-electron chi connectivity index (χ4n) is 5.29. The minimum absolute atomic E-state index is 0.265. The van der Waals surface area contributed by atoms with Crippen LogP contribution >= 0.6 is 0 Å². The highest BCUT2D eigenvalue weighted by molar-refractivity contribution is 5.89. The van der Waals surface area contributed by atoms with Gasteiger partial charge >= 0.3 is 12.0 Å². The number of nitrogens with one attached hydrogen (secondary N) is 1. The molecule has 7 nitrogen and oxygen atoms in total. The maximum absolute atomic E-state index is 13.9. The number of esters is 1. The van der Waals surface area contributed by atoms with Gasteiger partial charge in [0.1, 0.15) is 11.5 Å². The molecule has 40 heavy (non-hydrogen) atoms. The summed E-state index contributed by atoms with van der Waals surface area (Å²) in [6.07, 6.45) is -0.112. The lowest BCUT2D eigenvalue weighted by molar-refractivity contribution is -0.178. The molecule has 3 rings (SSSR count). The van der Waals surface area contributed by atoms with E-state index < -0.39 is 42.3 Å². The fourth-order valence-corrected chi connectivity index (χ4v) is 5.29. The van der Waals surface area contributed by atoms with E-state index in [1.54, 1.807) is 4.90 Å². The third-order valence-electron chi connectivity index (χ3n) is 7.59. The highest BCUT2D eigenvalue weighted by Gasteiger charge is 2.63. The molecular weight excluding hydrogens is 518 g/mol. The third kappa shape index (κ3) is 7.23. The lowest BCUT2D eigenvalue weighted by Gasteiger charge is -2.46. The van der Waals surface area contributed by atoms with Crippen LogP contribution in [0.3, 0.4) is 0 Å². The molecule has 1 aliphatic rings. The van der Waals surface area contributed by atoms with Crippen LogP contribution in [0.5, 0.6) is 11.5 Å². The van der Waals surface area contributed by atoms with Gasteiger partial charge in [0.15, 0.2) is 5.54 Å². The smallest absolute Gasteiger partial charge is 0.332 e. The molecule has 2 atom stereocenters. The molecular formula is C31H42F2N2O5. The Hall–Kier alpha value is -3.36. The van der Waals surface area contributed by atoms with Gasteiger partial charge < -0.3 is 24.4 Å². The first-order valence-electron chi connectivity index (χ1n) is 14.0. The Labute approximate surface area is 236 Å². The minimum atomic E-state index is -3.04. The Morgan fingerprint density at radius 2 is 1.57 bits per heavy atom. The van der Waals surface area contributed by atoms with E-state index in [0.29, 0.717) is 37.7 Å². The number of rotatable bonds is 13. The van der Waals surface area contributed by atoms with Crippen molar-refractivity contribution in [2.45, 2.75) is 83.7 Å². The van der Waals surface area contributed by atoms with Crippen LogP contribution in [0, 0.1) is 6.92 Å². The lowest BCUT2D eigenvalue weighted by atomic mass is 9.73. The van der Waals surface area contributed by atoms with Gasteiger partial charge in [0, 0.05) is 24.9 Å². The van der Waals surface area contributed by atoms with Gasteiger partial charge in [-0.1, -0.05) is 37.3 Å². The zero-order valence-corrected chi connectivity index (χ0v) is 24.4. The summed E-state index contributed by atoms with van der Waals surface area (Å²) in [4.78, 5) is 27.8. The van der Waals surface area contributed by atoms with Crippen molar-refractivity contribution in [2.75, 3.05) is 26.9 Å². The van der Waals surface area contributed by atoms with Crippen molar-refractivity contribution in [3.05, 3.63) is 59.2 Å². The molecule has 0 spiro atoms. The Morgan fingerprint density at radius 3 is 2.08 bits per heavy atom. The lowest BCUT2D eigenvalue weighted by Crippen LogP contribution is -2.68. The van der Waals surface area contributed by atoms with Gasteiger partial charge in [-0.15, -0.1) is 0 Å². The molecule has 1 N–H and O–H groups in total. The topological polar surface area (TPSA) is 77.1 Å². The number of urea groups is 1. The standard InChI is InChI=1S/C31H42F2N2O5/c1-7-39-26-17-25(18-27(22(26)4)40-8-2)23(5)35(16-12-13-21(3)24-14-10-9-11-15-24)29(37)34-30(28(36)38-6)19-31(32,33)20-30/h9-11,14-15,17-18,21,23H,7-8,12-13,16,19-20H2,1-6H3,(H,34,37)/t21?,23-/m1/s1. The van der Waals surface area contributed by atoms with E-state index in [1.165, 1.54) is 5.56 Å². The summed E-state index contributed by atoms with van der Waals surface area (Å²) in [6.45, 7) is 11.0. The zero-order chi connectivity index (χ0) is 29.5. The van der Waals surface area contributed by atoms with Gasteiger partial charge in [-0.05, 0) is 69.7 Å². The summed E-state index contributed by atoms with van der Waals surface area (Å²) in [6, 6.07) is 12.8. The Bertz CT molecular complexity index is 1120. The molecule has 220 valence electrons. The van der Waals surface area contributed by atoms with E-state index in [9.17, 15) is 18.4 Å². The molecule has 9 heteroatoms. The van der Waals surface area contributed by atoms with Gasteiger partial charge in [0.05, 0.1) is 26.4 Å². The van der Waals surface area contributed by atoms with Crippen molar-refractivity contribution in [3.8, 4) is 11.5 Å². The van der Waals surface area contributed by atoms with Crippen molar-refractivity contribution in [2.24, 2.45) is 0 Å². The van der Waals surface area contributed by atoms with E-state index in [-0.39, 0.29) is 5.92 Å². The summed E-state index contributed by atoms with van der Waals surface area (Å²) < 4.78 is 44.4. The first kappa shape index (κ1) is 31.2. The number of hydrogen-bond donors (Lipinski definition) is 1. The van der Waals surface area contributed by atoms with Crippen LogP contribution in [-0.2, 0) is 9.53 Å². The maximum Gasteiger partial charge on any atom is 0.332 e. The highest BCUT2D eigenvalue weighted by atomic mass is 19.3. The Morgan fingerprint density at radius 1 is 1.00 bits per heavy atom. The number of methoxy groups -OCH3 is 1. The van der Waals surface area contributed by atoms with Gasteiger partial charge in [0.2, 0.25) is 0 Å². The van der Waals surface area contributed by atoms with Crippen LogP contribution in [0.1, 0.15) is 82.0 Å². The molecule has 2 aromatic rings. The molecule has 1 fully saturated rings. The number of halogens is 2. The van der Waals surface area contributed by atoms with Crippen molar-refractivity contribution >= 4 is 12.0 Å². The van der Waals surface area contributed by atoms with Crippen LogP contribution in [0.2, 0.25) is 0 Å². The van der Waals surface area contributed by atoms with Gasteiger partial charge in [-0.3, -0.25) is 0 Å². The monoisotopic (exact) mass is 560 g/mol. The maximum atomic E-state index is 13.9. The number of alkyl halides is 2. The summed E-state index contributed by atoms with van der Waals surface area (Å²) in [5.41, 5.74) is 1.07. The quantitative estimate of drug-likeness (QED) is 0.273. The summed E-state index contributed by atoms with van der Waals surface area (Å²) in [5, 5.41) is 2.62. The largest absolute Gasteiger partial charge is 0.493 e. The summed E-state index contributed by atoms with van der Waals surface area (Å²) >= 11 is 0. The first-order chi connectivity index (χ1) is 19.0. The van der Waals surface area contributed by atoms with E-state index in [0.717, 1.165) is 24.7 Å². The second-order valence-electron chi connectivity index (χ2n) is 10.5. The number of amides is 2. The molecule has 0 aliphatic heterocycles. The molecule has 1 aliphatic carbocycles. The number of carbonyl (C=O) groups excluding carboxylic acids is 2. The van der Waals surface area contributed by atoms with Gasteiger partial charge in [-0.2, -0.15) is 0 Å². The molecule has 0 heterocycles. The zero-order valence-electron chi connectivity index (χ0n) is 24.4. The molecule has 0 radical (unpaired) electrons. The van der Waals surface area contributed by atoms with Crippen LogP contribution in [-0.4, -0.2) is 55.2 Å². The highest BCUT2D eigenvalue weighted by Crippen LogP contribution is 2.46. The third-order valence-corrected chi connectivity index (χ3v) is 7.59. The van der Waals surface area contributed by atoms with E-state index in [4.69, 9.17) is 14.2 Å². The van der Waals surface area contributed by atoms with Crippen molar-refractivity contribution in [1.29, 1.82) is 0 Å². The van der Waals surface area contributed by atoms with Crippen molar-refractivity contribution < 1.29 is 32.6 Å². The SMILES string of the molecule is CCOc1cc([C@@H](C)N(CCCC(C)c2ccccc2)C(=O)NC2(C(=O)OC)CC(F)(F)C2)cc(OCC)c1C. The predicted octanol–water partition coefficient (Wildman–Crippen LogP) is 6.79. The van der Waals surface area contributed by atoms with Crippen LogP contribution in [0.15, 0.2) is 42.5 Å². The molecule has 0 bridgehead atoms. The number of hydrogen-bond acceptors (Lipinski definition) is 5. The van der Waals surface area contributed by atoms with Crippen LogP contribution < -0.4 is 14.8 Å². The number of ether oxygens (including phenoxy) is 3. The summed E-state index contributed by atoms with van der Waals surface area (Å²) in [5.74, 6) is -2.35. The molecule has 1 saturated carbocycles. The summed E-state index contributed by atoms with van der Waals surface area (Å²) in [7, 11) is 1.13. The van der Waals surface area contributed by atoms with E-state index in [2.05, 4.69) is 24.4 Å². The van der Waals surface area contributed by atoms with Crippen LogP contribution in [0.25, 0.3) is 0 Å². The second kappa shape index (κ2) is 13.3. The molecule has 2 aromatic carbocycles. The average molecular weight is 561 g/mol. The number of carbonyl (C=O) groups is 2. The Kier molecular flexibility index (Phi) is 10.4. The van der Waals surface area contributed by atoms with Crippen molar-refractivity contribution in [1.82, 2.24) is 10.2 Å². The molecule has 1 unspecified atom stereocenters. The van der Waals surface area contributed by atoms with E-state index >= 15 is 0 Å². The number of benzene rings is 2. The van der Waals surface area contributed by atoms with Crippen LogP contribution in [0.4, 0.5) is 13.6 Å². The average Bonchev–Trinajstić information content (AvgIpc) is 2.91. The Balaban J connectivity index is 1.89. The molecule has 2 amide bonds. The normalized spacial score (nSPS) is 16.7.